The molecule has 0 spiro atoms. The van der Waals surface area contributed by atoms with E-state index in [1.807, 2.05) is 23.5 Å². The molecule has 0 bridgehead atoms. The van der Waals surface area contributed by atoms with Gasteiger partial charge in [0.05, 0.1) is 22.4 Å². The van der Waals surface area contributed by atoms with Gasteiger partial charge in [-0.2, -0.15) is 0 Å². The first-order valence-electron chi connectivity index (χ1n) is 14.4. The molecule has 0 saturated carbocycles. The second-order valence-electron chi connectivity index (χ2n) is 11.7. The molecule has 0 aliphatic heterocycles. The first kappa shape index (κ1) is 23.8. The molecular formula is C39H26N2S. The van der Waals surface area contributed by atoms with Crippen LogP contribution in [0.3, 0.4) is 0 Å². The molecule has 0 N–H and O–H groups in total. The van der Waals surface area contributed by atoms with Crippen LogP contribution in [0.1, 0.15) is 25.0 Å². The molecule has 6 aromatic carbocycles. The van der Waals surface area contributed by atoms with Crippen LogP contribution in [0.5, 0.6) is 0 Å². The monoisotopic (exact) mass is 554 g/mol. The van der Waals surface area contributed by atoms with E-state index >= 15 is 0 Å². The van der Waals surface area contributed by atoms with E-state index < -0.39 is 0 Å². The number of aromatic nitrogens is 2. The van der Waals surface area contributed by atoms with Crippen molar-refractivity contribution in [1.29, 1.82) is 0 Å². The molecule has 0 amide bonds. The van der Waals surface area contributed by atoms with Crippen molar-refractivity contribution in [3.05, 3.63) is 132 Å². The Balaban J connectivity index is 1.39. The Morgan fingerprint density at radius 2 is 1.10 bits per heavy atom. The second-order valence-corrected chi connectivity index (χ2v) is 12.8. The van der Waals surface area contributed by atoms with Gasteiger partial charge in [-0.25, -0.2) is 9.97 Å². The fourth-order valence-electron chi connectivity index (χ4n) is 7.11. The zero-order chi connectivity index (χ0) is 28.0. The van der Waals surface area contributed by atoms with E-state index in [2.05, 4.69) is 123 Å². The van der Waals surface area contributed by atoms with Crippen LogP contribution in [0.25, 0.3) is 75.6 Å². The lowest BCUT2D eigenvalue weighted by Gasteiger charge is -2.21. The summed E-state index contributed by atoms with van der Waals surface area (Å²) in [5.74, 6) is 0. The first-order valence-corrected chi connectivity index (χ1v) is 15.2. The van der Waals surface area contributed by atoms with E-state index in [0.717, 1.165) is 33.5 Å². The standard InChI is InChI=1S/C39H26N2S/c1-39(2)29-16-5-3-11-26(29)35-24-13-9-14-25(23(24)21-22-30(35)39)37-38(41-32-18-7-6-17-31(32)40-37)28-15-10-20-34-36(28)27-12-4-8-19-33(27)42-34/h3-22H,1-2H3. The number of fused-ring (bicyclic) bond motifs is 9. The molecule has 0 radical (unpaired) electrons. The molecule has 9 rings (SSSR count). The van der Waals surface area contributed by atoms with Gasteiger partial charge in [0.1, 0.15) is 0 Å². The molecular weight excluding hydrogens is 529 g/mol. The quantitative estimate of drug-likeness (QED) is 0.212. The van der Waals surface area contributed by atoms with Crippen molar-refractivity contribution in [2.45, 2.75) is 19.3 Å². The Kier molecular flexibility index (Phi) is 4.86. The maximum atomic E-state index is 5.35. The van der Waals surface area contributed by atoms with Crippen LogP contribution in [-0.2, 0) is 5.41 Å². The number of nitrogens with zero attached hydrogens (tertiary/aromatic N) is 2. The molecule has 0 fully saturated rings. The second kappa shape index (κ2) is 8.58. The van der Waals surface area contributed by atoms with Gasteiger partial charge in [0.2, 0.25) is 0 Å². The van der Waals surface area contributed by atoms with E-state index in [1.54, 1.807) is 0 Å². The van der Waals surface area contributed by atoms with Crippen molar-refractivity contribution in [3.8, 4) is 33.6 Å². The third-order valence-corrected chi connectivity index (χ3v) is 10.2. The fourth-order valence-corrected chi connectivity index (χ4v) is 8.25. The maximum absolute atomic E-state index is 5.35. The van der Waals surface area contributed by atoms with Gasteiger partial charge in [-0.1, -0.05) is 111 Å². The predicted octanol–water partition coefficient (Wildman–Crippen LogP) is 10.8. The lowest BCUT2D eigenvalue weighted by molar-refractivity contribution is 0.661. The smallest absolute Gasteiger partial charge is 0.0980 e. The van der Waals surface area contributed by atoms with Gasteiger partial charge in [-0.3, -0.25) is 0 Å². The molecule has 2 aromatic heterocycles. The summed E-state index contributed by atoms with van der Waals surface area (Å²) in [7, 11) is 0. The highest BCUT2D eigenvalue weighted by molar-refractivity contribution is 7.25. The average Bonchev–Trinajstić information content (AvgIpc) is 3.53. The third-order valence-electron chi connectivity index (χ3n) is 9.09. The van der Waals surface area contributed by atoms with Crippen LogP contribution < -0.4 is 0 Å². The van der Waals surface area contributed by atoms with E-state index in [4.69, 9.17) is 9.97 Å². The summed E-state index contributed by atoms with van der Waals surface area (Å²) >= 11 is 1.84. The summed E-state index contributed by atoms with van der Waals surface area (Å²) in [4.78, 5) is 10.7. The Morgan fingerprint density at radius 1 is 0.476 bits per heavy atom. The van der Waals surface area contributed by atoms with Crippen molar-refractivity contribution < 1.29 is 0 Å². The number of hydrogen-bond donors (Lipinski definition) is 0. The van der Waals surface area contributed by atoms with Crippen LogP contribution in [-0.4, -0.2) is 9.97 Å². The summed E-state index contributed by atoms with van der Waals surface area (Å²) in [6.45, 7) is 4.68. The fraction of sp³-hybridized carbons (Fsp3) is 0.0769. The van der Waals surface area contributed by atoms with Crippen molar-refractivity contribution in [2.75, 3.05) is 0 Å². The Hall–Kier alpha value is -4.86. The maximum Gasteiger partial charge on any atom is 0.0980 e. The van der Waals surface area contributed by atoms with Crippen molar-refractivity contribution in [1.82, 2.24) is 9.97 Å². The van der Waals surface area contributed by atoms with Crippen LogP contribution in [0.2, 0.25) is 0 Å². The number of para-hydroxylation sites is 2. The van der Waals surface area contributed by atoms with Crippen molar-refractivity contribution >= 4 is 53.3 Å². The Bertz CT molecular complexity index is 2400. The van der Waals surface area contributed by atoms with E-state index in [9.17, 15) is 0 Å². The Labute approximate surface area is 247 Å². The molecule has 0 atom stereocenters. The first-order chi connectivity index (χ1) is 20.6. The molecule has 198 valence electrons. The highest BCUT2D eigenvalue weighted by Crippen LogP contribution is 2.52. The highest BCUT2D eigenvalue weighted by Gasteiger charge is 2.36. The molecule has 1 aliphatic carbocycles. The molecule has 3 heteroatoms. The number of benzene rings is 6. The lowest BCUT2D eigenvalue weighted by atomic mass is 9.82. The van der Waals surface area contributed by atoms with Gasteiger partial charge in [0, 0.05) is 36.7 Å². The van der Waals surface area contributed by atoms with Gasteiger partial charge in [0.25, 0.3) is 0 Å². The average molecular weight is 555 g/mol. The topological polar surface area (TPSA) is 25.8 Å². The van der Waals surface area contributed by atoms with Crippen molar-refractivity contribution in [3.63, 3.8) is 0 Å². The van der Waals surface area contributed by atoms with Crippen LogP contribution in [0.15, 0.2) is 121 Å². The third kappa shape index (κ3) is 3.20. The molecule has 8 aromatic rings. The summed E-state index contributed by atoms with van der Waals surface area (Å²) in [5.41, 5.74) is 11.3. The van der Waals surface area contributed by atoms with E-state index in [1.165, 1.54) is 53.2 Å². The van der Waals surface area contributed by atoms with Gasteiger partial charge < -0.3 is 0 Å². The predicted molar refractivity (Wildman–Crippen MR) is 178 cm³/mol. The minimum Gasteiger partial charge on any atom is -0.244 e. The lowest BCUT2D eigenvalue weighted by Crippen LogP contribution is -2.14. The molecule has 42 heavy (non-hydrogen) atoms. The number of rotatable bonds is 2. The van der Waals surface area contributed by atoms with Crippen LogP contribution in [0.4, 0.5) is 0 Å². The zero-order valence-electron chi connectivity index (χ0n) is 23.3. The summed E-state index contributed by atoms with van der Waals surface area (Å²) in [6, 6.07) is 43.7. The van der Waals surface area contributed by atoms with Crippen LogP contribution >= 0.6 is 11.3 Å². The van der Waals surface area contributed by atoms with Gasteiger partial charge in [-0.15, -0.1) is 11.3 Å². The number of hydrogen-bond acceptors (Lipinski definition) is 3. The number of thiophene rings is 1. The molecule has 0 unspecified atom stereocenters. The minimum absolute atomic E-state index is 0.0420. The normalized spacial score (nSPS) is 13.7. The van der Waals surface area contributed by atoms with Crippen LogP contribution in [0, 0.1) is 0 Å². The molecule has 2 heterocycles. The van der Waals surface area contributed by atoms with E-state index in [-0.39, 0.29) is 5.41 Å². The summed E-state index contributed by atoms with van der Waals surface area (Å²) in [5, 5.41) is 4.99. The zero-order valence-corrected chi connectivity index (χ0v) is 24.2. The molecule has 1 aliphatic rings. The summed E-state index contributed by atoms with van der Waals surface area (Å²) in [6.07, 6.45) is 0. The molecule has 0 saturated heterocycles. The molecule has 2 nitrogen and oxygen atoms in total. The SMILES string of the molecule is CC1(C)c2ccccc2-c2c1ccc1c(-c3nc4ccccc4nc3-c3cccc4sc5ccccc5c34)cccc21. The Morgan fingerprint density at radius 3 is 1.95 bits per heavy atom. The van der Waals surface area contributed by atoms with Gasteiger partial charge >= 0.3 is 0 Å². The summed E-state index contributed by atoms with van der Waals surface area (Å²) < 4.78 is 2.56. The van der Waals surface area contributed by atoms with Gasteiger partial charge in [-0.05, 0) is 57.3 Å². The largest absolute Gasteiger partial charge is 0.244 e. The minimum atomic E-state index is -0.0420. The van der Waals surface area contributed by atoms with Gasteiger partial charge in [0.15, 0.2) is 0 Å². The highest BCUT2D eigenvalue weighted by atomic mass is 32.1. The van der Waals surface area contributed by atoms with E-state index in [0.29, 0.717) is 0 Å². The van der Waals surface area contributed by atoms with Crippen molar-refractivity contribution in [2.24, 2.45) is 0 Å².